The summed E-state index contributed by atoms with van der Waals surface area (Å²) in [7, 11) is 0. The molecule has 280 valence electrons. The van der Waals surface area contributed by atoms with Gasteiger partial charge in [0, 0.05) is 55.2 Å². The highest BCUT2D eigenvalue weighted by molar-refractivity contribution is 7.17. The van der Waals surface area contributed by atoms with Gasteiger partial charge in [0.2, 0.25) is 5.91 Å². The third-order valence-electron chi connectivity index (χ3n) is 8.70. The molecule has 2 aliphatic rings. The first-order chi connectivity index (χ1) is 25.4. The fraction of sp³-hybridized carbons (Fsp3) is 0.395. The highest BCUT2D eigenvalue weighted by Gasteiger charge is 2.29. The van der Waals surface area contributed by atoms with Gasteiger partial charge in [-0.3, -0.25) is 4.79 Å². The molecule has 1 fully saturated rings. The van der Waals surface area contributed by atoms with Crippen molar-refractivity contribution < 1.29 is 42.1 Å². The number of rotatable bonds is 11. The van der Waals surface area contributed by atoms with Crippen molar-refractivity contribution in [1.29, 1.82) is 0 Å². The summed E-state index contributed by atoms with van der Waals surface area (Å²) in [5.74, 6) is -0.982. The standard InChI is InChI=1S/C38H41F2N5O7S/c1-5-31(46)44-14-11-27(21-44)51-36(47)41-12-15-49-16-17-50-30-19-26(39)8-9-28(30)34-35-32(29(40)22-53-35)33(42-43-34)24-6-7-25-20-45(13-10-23(25)18-24)37(48)52-38(2,3)4/h5-9,18-19,22,27H,1,10-17,20-21H2,2-4H3,(H,41,47). The van der Waals surface area contributed by atoms with Gasteiger partial charge < -0.3 is 34.1 Å². The van der Waals surface area contributed by atoms with Crippen LogP contribution < -0.4 is 10.1 Å². The minimum absolute atomic E-state index is 0.0596. The number of nitrogens with one attached hydrogen (secondary N) is 1. The van der Waals surface area contributed by atoms with Crippen molar-refractivity contribution in [2.45, 2.75) is 51.9 Å². The molecule has 4 aromatic rings. The molecule has 53 heavy (non-hydrogen) atoms. The predicted molar refractivity (Wildman–Crippen MR) is 195 cm³/mol. The Kier molecular flexibility index (Phi) is 11.5. The number of alkyl carbamates (subject to hydrolysis) is 1. The van der Waals surface area contributed by atoms with E-state index >= 15 is 4.39 Å². The van der Waals surface area contributed by atoms with E-state index in [0.717, 1.165) is 11.1 Å². The Labute approximate surface area is 309 Å². The Morgan fingerprint density at radius 2 is 1.83 bits per heavy atom. The molecule has 1 atom stereocenters. The number of nitrogens with zero attached hydrogens (tertiary/aromatic N) is 4. The largest absolute Gasteiger partial charge is 0.490 e. The zero-order valence-electron chi connectivity index (χ0n) is 29.8. The lowest BCUT2D eigenvalue weighted by molar-refractivity contribution is -0.125. The second-order valence-electron chi connectivity index (χ2n) is 13.7. The second kappa shape index (κ2) is 16.3. The van der Waals surface area contributed by atoms with Gasteiger partial charge in [-0.15, -0.1) is 21.5 Å². The normalized spacial score (nSPS) is 15.6. The van der Waals surface area contributed by atoms with Crippen molar-refractivity contribution in [3.05, 3.63) is 77.2 Å². The summed E-state index contributed by atoms with van der Waals surface area (Å²) in [6.45, 7) is 11.2. The third-order valence-corrected chi connectivity index (χ3v) is 9.65. The number of hydrogen-bond acceptors (Lipinski definition) is 10. The number of carbonyl (C=O) groups is 3. The van der Waals surface area contributed by atoms with E-state index in [2.05, 4.69) is 22.1 Å². The summed E-state index contributed by atoms with van der Waals surface area (Å²) in [6.07, 6.45) is 1.04. The molecule has 2 aromatic heterocycles. The number of fused-ring (bicyclic) bond motifs is 2. The van der Waals surface area contributed by atoms with Crippen molar-refractivity contribution in [2.24, 2.45) is 0 Å². The first-order valence-corrected chi connectivity index (χ1v) is 18.2. The Balaban J connectivity index is 1.07. The van der Waals surface area contributed by atoms with Crippen LogP contribution in [0.2, 0.25) is 0 Å². The summed E-state index contributed by atoms with van der Waals surface area (Å²) in [6, 6.07) is 9.76. The zero-order valence-corrected chi connectivity index (χ0v) is 30.6. The number of likely N-dealkylation sites (tertiary alicyclic amines) is 1. The maximum atomic E-state index is 15.5. The van der Waals surface area contributed by atoms with Crippen LogP contribution in [0.25, 0.3) is 32.6 Å². The van der Waals surface area contributed by atoms with Crippen LogP contribution in [0.5, 0.6) is 5.75 Å². The van der Waals surface area contributed by atoms with E-state index in [-0.39, 0.29) is 50.2 Å². The number of benzene rings is 2. The van der Waals surface area contributed by atoms with Crippen LogP contribution in [-0.4, -0.2) is 95.8 Å². The molecule has 4 heterocycles. The van der Waals surface area contributed by atoms with Crippen LogP contribution in [0.4, 0.5) is 18.4 Å². The van der Waals surface area contributed by atoms with Gasteiger partial charge in [0.05, 0.1) is 29.8 Å². The number of amides is 3. The fourth-order valence-corrected chi connectivity index (χ4v) is 7.10. The van der Waals surface area contributed by atoms with Crippen LogP contribution >= 0.6 is 11.3 Å². The summed E-state index contributed by atoms with van der Waals surface area (Å²) in [4.78, 5) is 39.7. The van der Waals surface area contributed by atoms with Crippen molar-refractivity contribution in [3.63, 3.8) is 0 Å². The molecule has 12 nitrogen and oxygen atoms in total. The van der Waals surface area contributed by atoms with Crippen LogP contribution in [0.15, 0.2) is 54.4 Å². The average Bonchev–Trinajstić information content (AvgIpc) is 3.76. The molecule has 0 aliphatic carbocycles. The number of ether oxygens (including phenoxy) is 4. The molecular weight excluding hydrogens is 709 g/mol. The molecule has 1 saturated heterocycles. The van der Waals surface area contributed by atoms with Crippen LogP contribution in [-0.2, 0) is 32.0 Å². The molecule has 0 radical (unpaired) electrons. The molecule has 2 aromatic carbocycles. The van der Waals surface area contributed by atoms with E-state index in [1.807, 2.05) is 39.0 Å². The number of halogens is 2. The van der Waals surface area contributed by atoms with Gasteiger partial charge in [-0.05, 0) is 62.6 Å². The quantitative estimate of drug-likeness (QED) is 0.135. The predicted octanol–water partition coefficient (Wildman–Crippen LogP) is 6.51. The Bertz CT molecular complexity index is 2020. The topological polar surface area (TPSA) is 132 Å². The van der Waals surface area contributed by atoms with Crippen molar-refractivity contribution >= 4 is 39.5 Å². The number of aromatic nitrogens is 2. The van der Waals surface area contributed by atoms with E-state index in [0.29, 0.717) is 71.6 Å². The summed E-state index contributed by atoms with van der Waals surface area (Å²) in [5.41, 5.74) is 3.27. The van der Waals surface area contributed by atoms with Crippen LogP contribution in [0.3, 0.4) is 0 Å². The number of carbonyl (C=O) groups excluding carboxylic acids is 3. The van der Waals surface area contributed by atoms with Gasteiger partial charge in [0.15, 0.2) is 0 Å². The maximum absolute atomic E-state index is 15.5. The highest BCUT2D eigenvalue weighted by atomic mass is 32.1. The molecule has 3 amide bonds. The number of hydrogen-bond donors (Lipinski definition) is 1. The first-order valence-electron chi connectivity index (χ1n) is 17.3. The lowest BCUT2D eigenvalue weighted by Crippen LogP contribution is -2.39. The van der Waals surface area contributed by atoms with Crippen molar-refractivity contribution in [1.82, 2.24) is 25.3 Å². The number of thiophene rings is 1. The summed E-state index contributed by atoms with van der Waals surface area (Å²) >= 11 is 1.17. The molecule has 15 heteroatoms. The Hall–Kier alpha value is -5.15. The van der Waals surface area contributed by atoms with E-state index < -0.39 is 23.3 Å². The smallest absolute Gasteiger partial charge is 0.410 e. The first kappa shape index (κ1) is 37.6. The molecule has 1 N–H and O–H groups in total. The SMILES string of the molecule is C=CC(=O)N1CCC(OC(=O)NCCOCCOc2cc(F)ccc2-c2nnc(-c3ccc4c(c3)CCN(C(=O)OC(C)(C)C)C4)c3c(F)csc23)C1. The Morgan fingerprint density at radius 3 is 2.62 bits per heavy atom. The molecule has 0 saturated carbocycles. The molecule has 2 aliphatic heterocycles. The zero-order chi connectivity index (χ0) is 37.7. The lowest BCUT2D eigenvalue weighted by atomic mass is 9.95. The minimum Gasteiger partial charge on any atom is -0.490 e. The molecule has 1 unspecified atom stereocenters. The summed E-state index contributed by atoms with van der Waals surface area (Å²) in [5, 5.41) is 13.3. The average molecular weight is 750 g/mol. The minimum atomic E-state index is -0.603. The van der Waals surface area contributed by atoms with Crippen LogP contribution in [0, 0.1) is 11.6 Å². The highest BCUT2D eigenvalue weighted by Crippen LogP contribution is 2.41. The van der Waals surface area contributed by atoms with Gasteiger partial charge in [0.1, 0.15) is 47.1 Å². The fourth-order valence-electron chi connectivity index (χ4n) is 6.18. The maximum Gasteiger partial charge on any atom is 0.410 e. The van der Waals surface area contributed by atoms with E-state index in [9.17, 15) is 18.8 Å². The molecule has 0 spiro atoms. The monoisotopic (exact) mass is 749 g/mol. The van der Waals surface area contributed by atoms with E-state index in [1.165, 1.54) is 41.0 Å². The molecular formula is C38H41F2N5O7S. The van der Waals surface area contributed by atoms with Crippen LogP contribution in [0.1, 0.15) is 38.3 Å². The van der Waals surface area contributed by atoms with Gasteiger partial charge >= 0.3 is 12.2 Å². The van der Waals surface area contributed by atoms with Gasteiger partial charge in [-0.25, -0.2) is 18.4 Å². The Morgan fingerprint density at radius 1 is 1.02 bits per heavy atom. The second-order valence-corrected chi connectivity index (χ2v) is 14.5. The third kappa shape index (κ3) is 9.08. The van der Waals surface area contributed by atoms with Gasteiger partial charge in [0.25, 0.3) is 0 Å². The molecule has 0 bridgehead atoms. The van der Waals surface area contributed by atoms with Gasteiger partial charge in [-0.1, -0.05) is 18.7 Å². The van der Waals surface area contributed by atoms with Crippen molar-refractivity contribution in [2.75, 3.05) is 46.0 Å². The van der Waals surface area contributed by atoms with Gasteiger partial charge in [-0.2, -0.15) is 0 Å². The molecule has 6 rings (SSSR count). The van der Waals surface area contributed by atoms with E-state index in [1.54, 1.807) is 9.80 Å². The van der Waals surface area contributed by atoms with Crippen molar-refractivity contribution in [3.8, 4) is 28.3 Å². The lowest BCUT2D eigenvalue weighted by Gasteiger charge is -2.31. The summed E-state index contributed by atoms with van der Waals surface area (Å²) < 4.78 is 52.8. The van der Waals surface area contributed by atoms with E-state index in [4.69, 9.17) is 18.9 Å².